The van der Waals surface area contributed by atoms with Crippen molar-refractivity contribution in [2.24, 2.45) is 0 Å². The number of carbonyl (C=O) groups excluding carboxylic acids is 1. The van der Waals surface area contributed by atoms with Gasteiger partial charge in [-0.1, -0.05) is 11.8 Å². The van der Waals surface area contributed by atoms with E-state index in [2.05, 4.69) is 10.3 Å². The number of hydrogen-bond acceptors (Lipinski definition) is 6. The first-order chi connectivity index (χ1) is 11.5. The predicted octanol–water partition coefficient (Wildman–Crippen LogP) is 2.34. The van der Waals surface area contributed by atoms with Gasteiger partial charge in [0.2, 0.25) is 5.91 Å². The largest absolute Gasteiger partial charge is 0.385 e. The zero-order valence-electron chi connectivity index (χ0n) is 14.5. The third-order valence-corrected chi connectivity index (χ3v) is 5.83. The topological polar surface area (TPSA) is 73.2 Å². The van der Waals surface area contributed by atoms with Gasteiger partial charge in [-0.25, -0.2) is 4.98 Å². The van der Waals surface area contributed by atoms with E-state index in [1.807, 2.05) is 20.8 Å². The number of ether oxygens (including phenoxy) is 1. The molecule has 0 radical (unpaired) electrons. The molecule has 0 saturated heterocycles. The van der Waals surface area contributed by atoms with E-state index >= 15 is 0 Å². The third-order valence-electron chi connectivity index (χ3n) is 3.75. The Morgan fingerprint density at radius 2 is 2.17 bits per heavy atom. The van der Waals surface area contributed by atoms with Crippen molar-refractivity contribution in [3.8, 4) is 0 Å². The van der Waals surface area contributed by atoms with E-state index in [4.69, 9.17) is 4.74 Å². The molecule has 2 aromatic rings. The van der Waals surface area contributed by atoms with Gasteiger partial charge in [0.1, 0.15) is 4.83 Å². The highest BCUT2D eigenvalue weighted by atomic mass is 32.2. The lowest BCUT2D eigenvalue weighted by atomic mass is 10.2. The molecule has 0 aromatic carbocycles. The molecule has 0 bridgehead atoms. The SMILES string of the molecule is CCn1c(SCC(=O)NCCCOC)nc2sc(C)c(C)c2c1=O. The number of rotatable bonds is 8. The zero-order chi connectivity index (χ0) is 17.7. The van der Waals surface area contributed by atoms with Crippen LogP contribution in [0.1, 0.15) is 23.8 Å². The Morgan fingerprint density at radius 1 is 1.42 bits per heavy atom. The second kappa shape index (κ2) is 8.64. The summed E-state index contributed by atoms with van der Waals surface area (Å²) in [4.78, 5) is 31.1. The summed E-state index contributed by atoms with van der Waals surface area (Å²) in [5.74, 6) is 0.181. The predicted molar refractivity (Wildman–Crippen MR) is 99.3 cm³/mol. The maximum absolute atomic E-state index is 12.7. The maximum Gasteiger partial charge on any atom is 0.263 e. The highest BCUT2D eigenvalue weighted by Gasteiger charge is 2.16. The molecule has 2 rings (SSSR count). The average molecular weight is 370 g/mol. The molecular weight excluding hydrogens is 346 g/mol. The van der Waals surface area contributed by atoms with Crippen LogP contribution < -0.4 is 10.9 Å². The second-order valence-corrected chi connectivity index (χ2v) is 7.54. The van der Waals surface area contributed by atoms with Crippen LogP contribution in [0.5, 0.6) is 0 Å². The summed E-state index contributed by atoms with van der Waals surface area (Å²) in [6, 6.07) is 0. The van der Waals surface area contributed by atoms with Crippen LogP contribution in [0.4, 0.5) is 0 Å². The molecule has 0 aliphatic heterocycles. The Hall–Kier alpha value is -1.38. The lowest BCUT2D eigenvalue weighted by molar-refractivity contribution is -0.118. The Labute approximate surface area is 149 Å². The van der Waals surface area contributed by atoms with Crippen LogP contribution >= 0.6 is 23.1 Å². The lowest BCUT2D eigenvalue weighted by Crippen LogP contribution is -2.28. The minimum atomic E-state index is -0.0633. The van der Waals surface area contributed by atoms with E-state index in [1.165, 1.54) is 23.1 Å². The molecule has 2 heterocycles. The summed E-state index contributed by atoms with van der Waals surface area (Å²) in [5, 5.41) is 4.14. The molecule has 0 aliphatic carbocycles. The fourth-order valence-electron chi connectivity index (χ4n) is 2.32. The normalized spacial score (nSPS) is 11.2. The van der Waals surface area contributed by atoms with Gasteiger partial charge >= 0.3 is 0 Å². The highest BCUT2D eigenvalue weighted by Crippen LogP contribution is 2.28. The van der Waals surface area contributed by atoms with Crippen LogP contribution in [0.2, 0.25) is 0 Å². The summed E-state index contributed by atoms with van der Waals surface area (Å²) in [5.41, 5.74) is 0.981. The molecule has 0 saturated carbocycles. The molecule has 1 amide bonds. The van der Waals surface area contributed by atoms with Gasteiger partial charge in [0.25, 0.3) is 5.56 Å². The first kappa shape index (κ1) is 19.0. The van der Waals surface area contributed by atoms with Crippen molar-refractivity contribution in [3.63, 3.8) is 0 Å². The quantitative estimate of drug-likeness (QED) is 0.439. The van der Waals surface area contributed by atoms with Gasteiger partial charge in [-0.3, -0.25) is 14.2 Å². The molecule has 0 unspecified atom stereocenters. The number of hydrogen-bond donors (Lipinski definition) is 1. The third kappa shape index (κ3) is 4.17. The van der Waals surface area contributed by atoms with Crippen LogP contribution in [0.15, 0.2) is 9.95 Å². The summed E-state index contributed by atoms with van der Waals surface area (Å²) in [6.07, 6.45) is 0.782. The summed E-state index contributed by atoms with van der Waals surface area (Å²) < 4.78 is 6.59. The number of nitrogens with zero attached hydrogens (tertiary/aromatic N) is 2. The molecule has 0 spiro atoms. The molecule has 0 aliphatic rings. The van der Waals surface area contributed by atoms with E-state index in [0.29, 0.717) is 30.2 Å². The first-order valence-electron chi connectivity index (χ1n) is 7.88. The first-order valence-corrected chi connectivity index (χ1v) is 9.68. The Bertz CT molecular complexity index is 783. The van der Waals surface area contributed by atoms with Crippen molar-refractivity contribution in [3.05, 3.63) is 20.8 Å². The van der Waals surface area contributed by atoms with Crippen LogP contribution in [-0.4, -0.2) is 41.5 Å². The van der Waals surface area contributed by atoms with E-state index in [-0.39, 0.29) is 17.2 Å². The van der Waals surface area contributed by atoms with E-state index in [0.717, 1.165) is 21.7 Å². The van der Waals surface area contributed by atoms with Crippen LogP contribution in [0, 0.1) is 13.8 Å². The maximum atomic E-state index is 12.7. The smallest absolute Gasteiger partial charge is 0.263 e. The minimum Gasteiger partial charge on any atom is -0.385 e. The van der Waals surface area contributed by atoms with Gasteiger partial charge in [0, 0.05) is 31.7 Å². The van der Waals surface area contributed by atoms with E-state index in [1.54, 1.807) is 11.7 Å². The number of methoxy groups -OCH3 is 1. The number of nitrogens with one attached hydrogen (secondary N) is 1. The van der Waals surface area contributed by atoms with Crippen molar-refractivity contribution >= 4 is 39.2 Å². The van der Waals surface area contributed by atoms with Gasteiger partial charge in [0.05, 0.1) is 11.1 Å². The second-order valence-electron chi connectivity index (χ2n) is 5.39. The molecule has 0 atom stereocenters. The molecule has 2 aromatic heterocycles. The van der Waals surface area contributed by atoms with Crippen LogP contribution in [-0.2, 0) is 16.1 Å². The molecule has 0 fully saturated rings. The standard InChI is InChI=1S/C16H23N3O3S2/c1-5-19-15(21)13-10(2)11(3)24-14(13)18-16(19)23-9-12(20)17-7-6-8-22-4/h5-9H2,1-4H3,(H,17,20). The number of thiophene rings is 1. The molecule has 8 heteroatoms. The van der Waals surface area contributed by atoms with Gasteiger partial charge < -0.3 is 10.1 Å². The van der Waals surface area contributed by atoms with Gasteiger partial charge in [0.15, 0.2) is 5.16 Å². The van der Waals surface area contributed by atoms with Crippen LogP contribution in [0.3, 0.4) is 0 Å². The monoisotopic (exact) mass is 369 g/mol. The molecule has 132 valence electrons. The molecular formula is C16H23N3O3S2. The van der Waals surface area contributed by atoms with Crippen molar-refractivity contribution in [1.82, 2.24) is 14.9 Å². The van der Waals surface area contributed by atoms with Crippen molar-refractivity contribution in [2.75, 3.05) is 26.0 Å². The minimum absolute atomic E-state index is 0.0210. The number of aromatic nitrogens is 2. The Kier molecular flexibility index (Phi) is 6.82. The highest BCUT2D eigenvalue weighted by molar-refractivity contribution is 7.99. The number of fused-ring (bicyclic) bond motifs is 1. The van der Waals surface area contributed by atoms with Crippen LogP contribution in [0.25, 0.3) is 10.2 Å². The Balaban J connectivity index is 2.14. The summed E-state index contributed by atoms with van der Waals surface area (Å²) in [7, 11) is 1.64. The Morgan fingerprint density at radius 3 is 2.83 bits per heavy atom. The zero-order valence-corrected chi connectivity index (χ0v) is 16.1. The fraction of sp³-hybridized carbons (Fsp3) is 0.562. The fourth-order valence-corrected chi connectivity index (χ4v) is 4.29. The number of thioether (sulfide) groups is 1. The number of aryl methyl sites for hydroxylation is 2. The summed E-state index contributed by atoms with van der Waals surface area (Å²) >= 11 is 2.83. The molecule has 1 N–H and O–H groups in total. The van der Waals surface area contributed by atoms with Crippen molar-refractivity contribution in [2.45, 2.75) is 38.9 Å². The van der Waals surface area contributed by atoms with E-state index < -0.39 is 0 Å². The van der Waals surface area contributed by atoms with Crippen molar-refractivity contribution < 1.29 is 9.53 Å². The molecule has 6 nitrogen and oxygen atoms in total. The number of amides is 1. The lowest BCUT2D eigenvalue weighted by Gasteiger charge is -2.10. The molecule has 24 heavy (non-hydrogen) atoms. The number of carbonyl (C=O) groups is 1. The average Bonchev–Trinajstić information content (AvgIpc) is 2.84. The van der Waals surface area contributed by atoms with E-state index in [9.17, 15) is 9.59 Å². The van der Waals surface area contributed by atoms with Gasteiger partial charge in [-0.2, -0.15) is 0 Å². The van der Waals surface area contributed by atoms with Crippen molar-refractivity contribution in [1.29, 1.82) is 0 Å². The summed E-state index contributed by atoms with van der Waals surface area (Å²) in [6.45, 7) is 7.61. The van der Waals surface area contributed by atoms with Gasteiger partial charge in [-0.15, -0.1) is 11.3 Å². The van der Waals surface area contributed by atoms with Gasteiger partial charge in [-0.05, 0) is 32.8 Å².